The molecule has 100 valence electrons. The van der Waals surface area contributed by atoms with Gasteiger partial charge in [0.1, 0.15) is 5.82 Å². The first-order valence-corrected chi connectivity index (χ1v) is 7.10. The molecule has 1 N–H and O–H groups in total. The maximum atomic E-state index is 13.1. The van der Waals surface area contributed by atoms with Crippen LogP contribution < -0.4 is 5.32 Å². The number of halogens is 1. The molecule has 0 spiro atoms. The molecule has 2 heteroatoms. The highest BCUT2D eigenvalue weighted by atomic mass is 19.1. The zero-order valence-electron chi connectivity index (χ0n) is 11.1. The zero-order valence-corrected chi connectivity index (χ0v) is 11.1. The molecule has 0 bridgehead atoms. The van der Waals surface area contributed by atoms with Crippen LogP contribution in [0.5, 0.6) is 0 Å². The van der Waals surface area contributed by atoms with Crippen LogP contribution in [-0.4, -0.2) is 0 Å². The van der Waals surface area contributed by atoms with Crippen LogP contribution in [0.25, 0.3) is 0 Å². The van der Waals surface area contributed by atoms with Gasteiger partial charge in [-0.25, -0.2) is 4.39 Å². The van der Waals surface area contributed by atoms with Gasteiger partial charge in [-0.15, -0.1) is 0 Å². The average Bonchev–Trinajstić information content (AvgIpc) is 2.97. The molecular weight excluding hydrogens is 249 g/mol. The van der Waals surface area contributed by atoms with Crippen molar-refractivity contribution in [3.05, 3.63) is 77.6 Å². The topological polar surface area (TPSA) is 12.0 Å². The summed E-state index contributed by atoms with van der Waals surface area (Å²) in [6.07, 6.45) is 5.67. The van der Waals surface area contributed by atoms with Gasteiger partial charge in [0.15, 0.2) is 0 Å². The number of anilines is 1. The van der Waals surface area contributed by atoms with Crippen molar-refractivity contribution >= 4 is 5.69 Å². The van der Waals surface area contributed by atoms with Gasteiger partial charge in [-0.1, -0.05) is 42.5 Å². The molecule has 2 aromatic carbocycles. The van der Waals surface area contributed by atoms with Crippen LogP contribution in [0.4, 0.5) is 10.1 Å². The van der Waals surface area contributed by atoms with E-state index in [0.29, 0.717) is 11.8 Å². The van der Waals surface area contributed by atoms with Gasteiger partial charge < -0.3 is 5.32 Å². The minimum Gasteiger partial charge on any atom is -0.378 e. The highest BCUT2D eigenvalue weighted by Crippen LogP contribution is 2.49. The van der Waals surface area contributed by atoms with Crippen molar-refractivity contribution in [2.24, 2.45) is 5.92 Å². The molecule has 0 saturated heterocycles. The third-order valence-electron chi connectivity index (χ3n) is 4.50. The van der Waals surface area contributed by atoms with Crippen LogP contribution in [-0.2, 0) is 0 Å². The Morgan fingerprint density at radius 3 is 2.65 bits per heavy atom. The van der Waals surface area contributed by atoms with E-state index in [0.717, 1.165) is 6.42 Å². The number of hydrogen-bond donors (Lipinski definition) is 1. The molecule has 1 aliphatic heterocycles. The highest BCUT2D eigenvalue weighted by Gasteiger charge is 2.37. The van der Waals surface area contributed by atoms with Gasteiger partial charge in [0, 0.05) is 11.6 Å². The summed E-state index contributed by atoms with van der Waals surface area (Å²) in [7, 11) is 0. The second-order valence-electron chi connectivity index (χ2n) is 5.61. The molecule has 1 aliphatic carbocycles. The van der Waals surface area contributed by atoms with Gasteiger partial charge in [-0.2, -0.15) is 0 Å². The first kappa shape index (κ1) is 11.7. The van der Waals surface area contributed by atoms with Crippen molar-refractivity contribution < 1.29 is 4.39 Å². The molecule has 0 fully saturated rings. The minimum absolute atomic E-state index is 0.175. The van der Waals surface area contributed by atoms with Crippen molar-refractivity contribution in [2.75, 3.05) is 5.32 Å². The number of para-hydroxylation sites is 1. The summed E-state index contributed by atoms with van der Waals surface area (Å²) < 4.78 is 13.1. The largest absolute Gasteiger partial charge is 0.378 e. The van der Waals surface area contributed by atoms with Gasteiger partial charge in [-0.3, -0.25) is 0 Å². The van der Waals surface area contributed by atoms with E-state index < -0.39 is 0 Å². The summed E-state index contributed by atoms with van der Waals surface area (Å²) in [4.78, 5) is 0. The molecule has 0 amide bonds. The Morgan fingerprint density at radius 1 is 1.00 bits per heavy atom. The Kier molecular flexibility index (Phi) is 2.62. The maximum Gasteiger partial charge on any atom is 0.123 e. The lowest BCUT2D eigenvalue weighted by Crippen LogP contribution is -2.28. The number of nitrogens with one attached hydrogen (secondary N) is 1. The van der Waals surface area contributed by atoms with Crippen molar-refractivity contribution in [3.8, 4) is 0 Å². The first-order chi connectivity index (χ1) is 9.83. The predicted octanol–water partition coefficient (Wildman–Crippen LogP) is 4.65. The van der Waals surface area contributed by atoms with Crippen molar-refractivity contribution in [1.82, 2.24) is 0 Å². The van der Waals surface area contributed by atoms with E-state index in [9.17, 15) is 4.39 Å². The zero-order chi connectivity index (χ0) is 13.5. The molecule has 4 rings (SSSR count). The molecule has 0 aromatic heterocycles. The van der Waals surface area contributed by atoms with E-state index in [4.69, 9.17) is 0 Å². The fraction of sp³-hybridized carbons (Fsp3) is 0.222. The summed E-state index contributed by atoms with van der Waals surface area (Å²) in [5.41, 5.74) is 3.75. The van der Waals surface area contributed by atoms with E-state index in [2.05, 4.69) is 41.7 Å². The van der Waals surface area contributed by atoms with Crippen molar-refractivity contribution in [3.63, 3.8) is 0 Å². The Balaban J connectivity index is 1.77. The monoisotopic (exact) mass is 265 g/mol. The maximum absolute atomic E-state index is 13.1. The van der Waals surface area contributed by atoms with Gasteiger partial charge in [0.05, 0.1) is 6.04 Å². The normalized spacial score (nSPS) is 26.8. The van der Waals surface area contributed by atoms with Crippen molar-refractivity contribution in [2.45, 2.75) is 18.4 Å². The van der Waals surface area contributed by atoms with Crippen LogP contribution >= 0.6 is 0 Å². The fourth-order valence-corrected chi connectivity index (χ4v) is 3.54. The Hall–Kier alpha value is -2.09. The second kappa shape index (κ2) is 4.48. The molecule has 1 heterocycles. The standard InChI is InChI=1S/C18H16FN/c19-13-10-8-12(9-11-13)18-16-6-3-5-14(16)15-4-1-2-7-17(15)20-18/h1-5,7-11,14,16,18,20H,6H2/t14?,16?,18-/m1/s1. The van der Waals surface area contributed by atoms with Gasteiger partial charge >= 0.3 is 0 Å². The number of allylic oxidation sites excluding steroid dienone is 2. The number of hydrogen-bond acceptors (Lipinski definition) is 1. The summed E-state index contributed by atoms with van der Waals surface area (Å²) in [5, 5.41) is 3.64. The molecule has 2 unspecified atom stereocenters. The number of fused-ring (bicyclic) bond motifs is 3. The molecule has 2 aliphatic rings. The van der Waals surface area contributed by atoms with Gasteiger partial charge in [-0.05, 0) is 41.7 Å². The molecule has 2 aromatic rings. The Labute approximate surface area is 118 Å². The SMILES string of the molecule is Fc1ccc([C@H]2Nc3ccccc3C3C=CCC32)cc1. The summed E-state index contributed by atoms with van der Waals surface area (Å²) >= 11 is 0. The van der Waals surface area contributed by atoms with Crippen LogP contribution in [0.1, 0.15) is 29.5 Å². The number of benzene rings is 2. The quantitative estimate of drug-likeness (QED) is 0.740. The summed E-state index contributed by atoms with van der Waals surface area (Å²) in [6, 6.07) is 15.7. The summed E-state index contributed by atoms with van der Waals surface area (Å²) in [5.74, 6) is 0.823. The average molecular weight is 265 g/mol. The Morgan fingerprint density at radius 2 is 1.80 bits per heavy atom. The lowest BCUT2D eigenvalue weighted by Gasteiger charge is -2.37. The van der Waals surface area contributed by atoms with E-state index in [1.807, 2.05) is 12.1 Å². The summed E-state index contributed by atoms with van der Waals surface area (Å²) in [6.45, 7) is 0. The van der Waals surface area contributed by atoms with E-state index in [-0.39, 0.29) is 11.9 Å². The predicted molar refractivity (Wildman–Crippen MR) is 79.2 cm³/mol. The van der Waals surface area contributed by atoms with Crippen LogP contribution in [0.2, 0.25) is 0 Å². The number of rotatable bonds is 1. The van der Waals surface area contributed by atoms with Crippen LogP contribution in [0, 0.1) is 11.7 Å². The lowest BCUT2D eigenvalue weighted by molar-refractivity contribution is 0.425. The van der Waals surface area contributed by atoms with E-state index in [1.165, 1.54) is 16.8 Å². The molecule has 3 atom stereocenters. The highest BCUT2D eigenvalue weighted by molar-refractivity contribution is 5.59. The smallest absolute Gasteiger partial charge is 0.123 e. The second-order valence-corrected chi connectivity index (χ2v) is 5.61. The molecule has 1 nitrogen and oxygen atoms in total. The fourth-order valence-electron chi connectivity index (χ4n) is 3.54. The van der Waals surface area contributed by atoms with Crippen molar-refractivity contribution in [1.29, 1.82) is 0 Å². The molecule has 20 heavy (non-hydrogen) atoms. The van der Waals surface area contributed by atoms with Crippen LogP contribution in [0.15, 0.2) is 60.7 Å². The Bertz CT molecular complexity index is 659. The lowest BCUT2D eigenvalue weighted by atomic mass is 9.77. The minimum atomic E-state index is -0.175. The van der Waals surface area contributed by atoms with Gasteiger partial charge in [0.2, 0.25) is 0 Å². The van der Waals surface area contributed by atoms with Gasteiger partial charge in [0.25, 0.3) is 0 Å². The third-order valence-corrected chi connectivity index (χ3v) is 4.50. The molecule has 0 saturated carbocycles. The molecule has 0 radical (unpaired) electrons. The van der Waals surface area contributed by atoms with Crippen LogP contribution in [0.3, 0.4) is 0 Å². The first-order valence-electron chi connectivity index (χ1n) is 7.10. The van der Waals surface area contributed by atoms with E-state index in [1.54, 1.807) is 12.1 Å². The molecular formula is C18H16FN. The third kappa shape index (κ3) is 1.75. The van der Waals surface area contributed by atoms with E-state index >= 15 is 0 Å².